The molecule has 0 aliphatic heterocycles. The molecule has 0 bridgehead atoms. The number of hydrogen-bond acceptors (Lipinski definition) is 2. The van der Waals surface area contributed by atoms with Gasteiger partial charge in [0.25, 0.3) is 0 Å². The van der Waals surface area contributed by atoms with Crippen LogP contribution >= 0.6 is 11.8 Å². The SMILES string of the molecule is C=C(CCCCCC)SC#N. The molecule has 0 heterocycles. The lowest BCUT2D eigenvalue weighted by Crippen LogP contribution is -1.77. The van der Waals surface area contributed by atoms with Gasteiger partial charge in [-0.2, -0.15) is 5.26 Å². The summed E-state index contributed by atoms with van der Waals surface area (Å²) in [6.45, 7) is 5.98. The zero-order valence-corrected chi connectivity index (χ0v) is 7.91. The largest absolute Gasteiger partial charge is 0.185 e. The van der Waals surface area contributed by atoms with Gasteiger partial charge in [0.15, 0.2) is 0 Å². The fourth-order valence-electron chi connectivity index (χ4n) is 0.865. The quantitative estimate of drug-likeness (QED) is 0.447. The molecule has 0 aromatic carbocycles. The fraction of sp³-hybridized carbons (Fsp3) is 0.667. The van der Waals surface area contributed by atoms with Crippen molar-refractivity contribution in [2.45, 2.75) is 39.0 Å². The minimum atomic E-state index is 0.998. The van der Waals surface area contributed by atoms with Gasteiger partial charge in [0, 0.05) is 0 Å². The summed E-state index contributed by atoms with van der Waals surface area (Å²) in [4.78, 5) is 1.00. The van der Waals surface area contributed by atoms with E-state index in [4.69, 9.17) is 5.26 Å². The maximum Gasteiger partial charge on any atom is 0.138 e. The van der Waals surface area contributed by atoms with Crippen LogP contribution in [-0.2, 0) is 0 Å². The average Bonchev–Trinajstić information content (AvgIpc) is 1.99. The molecule has 0 unspecified atom stereocenters. The third-order valence-corrected chi connectivity index (χ3v) is 2.08. The summed E-state index contributed by atoms with van der Waals surface area (Å²) in [5.41, 5.74) is 0. The smallest absolute Gasteiger partial charge is 0.138 e. The molecule has 0 N–H and O–H groups in total. The molecule has 0 radical (unpaired) electrons. The normalized spacial score (nSPS) is 9.09. The van der Waals surface area contributed by atoms with Gasteiger partial charge in [-0.1, -0.05) is 32.8 Å². The Morgan fingerprint density at radius 3 is 2.73 bits per heavy atom. The Labute approximate surface area is 73.5 Å². The molecule has 0 saturated heterocycles. The summed E-state index contributed by atoms with van der Waals surface area (Å²) in [5, 5.41) is 10.3. The maximum absolute atomic E-state index is 8.29. The summed E-state index contributed by atoms with van der Waals surface area (Å²) in [5.74, 6) is 0. The summed E-state index contributed by atoms with van der Waals surface area (Å²) in [7, 11) is 0. The monoisotopic (exact) mass is 169 g/mol. The number of thioether (sulfide) groups is 1. The molecule has 0 atom stereocenters. The molecule has 0 spiro atoms. The van der Waals surface area contributed by atoms with Gasteiger partial charge in [0.05, 0.1) is 0 Å². The second-order valence-corrected chi connectivity index (χ2v) is 3.51. The van der Waals surface area contributed by atoms with E-state index in [1.807, 2.05) is 5.40 Å². The van der Waals surface area contributed by atoms with Gasteiger partial charge in [-0.3, -0.25) is 0 Å². The van der Waals surface area contributed by atoms with Crippen molar-refractivity contribution in [3.63, 3.8) is 0 Å². The van der Waals surface area contributed by atoms with Crippen molar-refractivity contribution < 1.29 is 0 Å². The van der Waals surface area contributed by atoms with Gasteiger partial charge in [-0.05, 0) is 29.5 Å². The number of rotatable bonds is 6. The van der Waals surface area contributed by atoms with Crippen molar-refractivity contribution in [1.82, 2.24) is 0 Å². The topological polar surface area (TPSA) is 23.8 Å². The van der Waals surface area contributed by atoms with Crippen LogP contribution < -0.4 is 0 Å². The highest BCUT2D eigenvalue weighted by Crippen LogP contribution is 2.18. The molecule has 2 heteroatoms. The Morgan fingerprint density at radius 2 is 2.18 bits per heavy atom. The van der Waals surface area contributed by atoms with E-state index in [0.29, 0.717) is 0 Å². The van der Waals surface area contributed by atoms with Gasteiger partial charge in [0.2, 0.25) is 0 Å². The minimum absolute atomic E-state index is 0.998. The highest BCUT2D eigenvalue weighted by molar-refractivity contribution is 8.07. The first kappa shape index (κ1) is 10.6. The van der Waals surface area contributed by atoms with E-state index in [1.54, 1.807) is 0 Å². The average molecular weight is 169 g/mol. The third kappa shape index (κ3) is 7.48. The second kappa shape index (κ2) is 7.68. The molecular weight excluding hydrogens is 154 g/mol. The molecule has 0 aliphatic carbocycles. The Hall–Kier alpha value is -0.420. The Balaban J connectivity index is 3.12. The summed E-state index contributed by atoms with van der Waals surface area (Å²) in [6.07, 6.45) is 6.00. The Morgan fingerprint density at radius 1 is 1.45 bits per heavy atom. The van der Waals surface area contributed by atoms with Crippen LogP contribution in [0.2, 0.25) is 0 Å². The van der Waals surface area contributed by atoms with Gasteiger partial charge in [-0.15, -0.1) is 0 Å². The van der Waals surface area contributed by atoms with Crippen molar-refractivity contribution in [2.24, 2.45) is 0 Å². The van der Waals surface area contributed by atoms with Crippen LogP contribution in [0.3, 0.4) is 0 Å². The molecule has 0 saturated carbocycles. The van der Waals surface area contributed by atoms with Gasteiger partial charge in [-0.25, -0.2) is 0 Å². The number of allylic oxidation sites excluding steroid dienone is 1. The van der Waals surface area contributed by atoms with Gasteiger partial charge >= 0.3 is 0 Å². The van der Waals surface area contributed by atoms with Gasteiger partial charge < -0.3 is 0 Å². The van der Waals surface area contributed by atoms with E-state index >= 15 is 0 Å². The summed E-state index contributed by atoms with van der Waals surface area (Å²) in [6, 6.07) is 0. The lowest BCUT2D eigenvalue weighted by atomic mass is 10.1. The zero-order chi connectivity index (χ0) is 8.53. The van der Waals surface area contributed by atoms with Crippen LogP contribution in [0, 0.1) is 10.7 Å². The molecule has 0 fully saturated rings. The van der Waals surface area contributed by atoms with Crippen LogP contribution in [0.4, 0.5) is 0 Å². The van der Waals surface area contributed by atoms with Crippen LogP contribution in [0.1, 0.15) is 39.0 Å². The third-order valence-electron chi connectivity index (χ3n) is 1.50. The van der Waals surface area contributed by atoms with E-state index < -0.39 is 0 Å². The van der Waals surface area contributed by atoms with E-state index in [1.165, 1.54) is 37.4 Å². The number of thiocyanates is 1. The van der Waals surface area contributed by atoms with Crippen LogP contribution in [0.15, 0.2) is 11.5 Å². The summed E-state index contributed by atoms with van der Waals surface area (Å²) < 4.78 is 0. The fourth-order valence-corrected chi connectivity index (χ4v) is 1.24. The first-order valence-corrected chi connectivity index (χ1v) is 4.86. The van der Waals surface area contributed by atoms with Crippen molar-refractivity contribution in [3.05, 3.63) is 11.5 Å². The van der Waals surface area contributed by atoms with Crippen molar-refractivity contribution in [1.29, 1.82) is 5.26 Å². The van der Waals surface area contributed by atoms with E-state index in [0.717, 1.165) is 11.3 Å². The first-order chi connectivity index (χ1) is 5.31. The lowest BCUT2D eigenvalue weighted by Gasteiger charge is -1.98. The van der Waals surface area contributed by atoms with E-state index in [9.17, 15) is 0 Å². The van der Waals surface area contributed by atoms with E-state index in [2.05, 4.69) is 13.5 Å². The number of hydrogen-bond donors (Lipinski definition) is 0. The number of nitrogens with zero attached hydrogens (tertiary/aromatic N) is 1. The maximum atomic E-state index is 8.29. The van der Waals surface area contributed by atoms with Crippen molar-refractivity contribution >= 4 is 11.8 Å². The second-order valence-electron chi connectivity index (χ2n) is 2.54. The standard InChI is InChI=1S/C9H15NS/c1-3-4-5-6-7-9(2)11-8-10/h2-7H2,1H3. The van der Waals surface area contributed by atoms with Crippen LogP contribution in [-0.4, -0.2) is 0 Å². The highest BCUT2D eigenvalue weighted by Gasteiger charge is 1.93. The van der Waals surface area contributed by atoms with Crippen molar-refractivity contribution in [2.75, 3.05) is 0 Å². The van der Waals surface area contributed by atoms with Crippen LogP contribution in [0.25, 0.3) is 0 Å². The molecular formula is C9H15NS. The molecule has 11 heavy (non-hydrogen) atoms. The van der Waals surface area contributed by atoms with E-state index in [-0.39, 0.29) is 0 Å². The molecule has 0 rings (SSSR count). The Kier molecular flexibility index (Phi) is 7.39. The predicted molar refractivity (Wildman–Crippen MR) is 51.1 cm³/mol. The lowest BCUT2D eigenvalue weighted by molar-refractivity contribution is 0.672. The van der Waals surface area contributed by atoms with Gasteiger partial charge in [0.1, 0.15) is 5.40 Å². The highest BCUT2D eigenvalue weighted by atomic mass is 32.2. The minimum Gasteiger partial charge on any atom is -0.185 e. The number of nitriles is 1. The molecule has 0 aromatic rings. The first-order valence-electron chi connectivity index (χ1n) is 4.05. The molecule has 0 aromatic heterocycles. The predicted octanol–water partition coefficient (Wildman–Crippen LogP) is 3.68. The van der Waals surface area contributed by atoms with Crippen LogP contribution in [0.5, 0.6) is 0 Å². The number of unbranched alkanes of at least 4 members (excludes halogenated alkanes) is 3. The molecule has 0 aliphatic rings. The molecule has 1 nitrogen and oxygen atoms in total. The zero-order valence-electron chi connectivity index (χ0n) is 7.10. The molecule has 62 valence electrons. The molecule has 0 amide bonds. The Bertz CT molecular complexity index is 146. The summed E-state index contributed by atoms with van der Waals surface area (Å²) >= 11 is 1.20. The van der Waals surface area contributed by atoms with Crippen molar-refractivity contribution in [3.8, 4) is 5.40 Å².